The monoisotopic (exact) mass is 316 g/mol. The Morgan fingerprint density at radius 1 is 1.61 bits per heavy atom. The summed E-state index contributed by atoms with van der Waals surface area (Å²) in [5.41, 5.74) is 0.785. The second-order valence-electron chi connectivity index (χ2n) is 3.63. The molecule has 0 saturated carbocycles. The van der Waals surface area contributed by atoms with Gasteiger partial charge in [-0.05, 0) is 34.5 Å². The molecule has 0 heterocycles. The largest absolute Gasteiger partial charge is 0.385 e. The van der Waals surface area contributed by atoms with E-state index < -0.39 is 5.82 Å². The highest BCUT2D eigenvalue weighted by Crippen LogP contribution is 2.23. The molecule has 1 rings (SSSR count). The van der Waals surface area contributed by atoms with Crippen LogP contribution in [0, 0.1) is 11.2 Å². The molecule has 0 bridgehead atoms. The summed E-state index contributed by atoms with van der Waals surface area (Å²) in [6, 6.07) is 2.63. The number of hydrogen-bond donors (Lipinski definition) is 2. The van der Waals surface area contributed by atoms with E-state index in [1.807, 2.05) is 0 Å². The molecule has 0 amide bonds. The van der Waals surface area contributed by atoms with E-state index in [4.69, 9.17) is 10.1 Å². The molecule has 0 fully saturated rings. The molecule has 4 nitrogen and oxygen atoms in total. The van der Waals surface area contributed by atoms with Crippen LogP contribution in [0.5, 0.6) is 0 Å². The molecular formula is C12H14BrFN2O2. The quantitative estimate of drug-likeness (QED) is 0.462. The van der Waals surface area contributed by atoms with Crippen molar-refractivity contribution in [3.8, 4) is 0 Å². The topological polar surface area (TPSA) is 62.2 Å². The van der Waals surface area contributed by atoms with Gasteiger partial charge in [-0.2, -0.15) is 0 Å². The Morgan fingerprint density at radius 3 is 2.89 bits per heavy atom. The van der Waals surface area contributed by atoms with Crippen molar-refractivity contribution in [1.82, 2.24) is 0 Å². The number of carbonyl (C=O) groups excluding carboxylic acids is 1. The summed E-state index contributed by atoms with van der Waals surface area (Å²) in [4.78, 5) is 10.7. The normalized spacial score (nSPS) is 10.2. The van der Waals surface area contributed by atoms with Crippen molar-refractivity contribution in [2.24, 2.45) is 0 Å². The molecule has 0 aliphatic rings. The molecule has 1 aromatic rings. The molecule has 0 unspecified atom stereocenters. The first-order chi connectivity index (χ1) is 8.60. The van der Waals surface area contributed by atoms with Gasteiger partial charge in [-0.25, -0.2) is 4.39 Å². The second kappa shape index (κ2) is 7.23. The van der Waals surface area contributed by atoms with Crippen LogP contribution < -0.4 is 5.32 Å². The lowest BCUT2D eigenvalue weighted by Crippen LogP contribution is -2.10. The highest BCUT2D eigenvalue weighted by Gasteiger charge is 2.13. The summed E-state index contributed by atoms with van der Waals surface area (Å²) in [6.07, 6.45) is 1.32. The maximum Gasteiger partial charge on any atom is 0.150 e. The number of rotatable bonds is 7. The molecule has 0 aliphatic heterocycles. The fraction of sp³-hybridized carbons (Fsp3) is 0.333. The second-order valence-corrected chi connectivity index (χ2v) is 4.42. The van der Waals surface area contributed by atoms with Crippen LogP contribution in [0.25, 0.3) is 0 Å². The van der Waals surface area contributed by atoms with Crippen molar-refractivity contribution in [3.63, 3.8) is 0 Å². The van der Waals surface area contributed by atoms with Gasteiger partial charge in [-0.15, -0.1) is 0 Å². The van der Waals surface area contributed by atoms with Crippen molar-refractivity contribution in [2.45, 2.75) is 6.42 Å². The molecule has 1 aromatic carbocycles. The van der Waals surface area contributed by atoms with Crippen molar-refractivity contribution in [1.29, 1.82) is 5.41 Å². The van der Waals surface area contributed by atoms with E-state index in [0.29, 0.717) is 25.1 Å². The molecule has 0 spiro atoms. The van der Waals surface area contributed by atoms with E-state index >= 15 is 0 Å². The van der Waals surface area contributed by atoms with E-state index in [1.165, 1.54) is 6.07 Å². The number of hydrogen-bond acceptors (Lipinski definition) is 4. The number of halogens is 2. The SMILES string of the molecule is COCCCNc1cc(C=O)cc(F)c1C(=N)Br. The summed E-state index contributed by atoms with van der Waals surface area (Å²) in [6.45, 7) is 1.16. The predicted molar refractivity (Wildman–Crippen MR) is 72.5 cm³/mol. The summed E-state index contributed by atoms with van der Waals surface area (Å²) >= 11 is 2.94. The highest BCUT2D eigenvalue weighted by molar-refractivity contribution is 9.18. The molecule has 2 N–H and O–H groups in total. The average Bonchev–Trinajstić information content (AvgIpc) is 2.33. The maximum atomic E-state index is 13.7. The molecule has 6 heteroatoms. The lowest BCUT2D eigenvalue weighted by molar-refractivity contribution is 0.112. The van der Waals surface area contributed by atoms with Crippen molar-refractivity contribution < 1.29 is 13.9 Å². The average molecular weight is 317 g/mol. The van der Waals surface area contributed by atoms with Gasteiger partial charge in [0.1, 0.15) is 16.7 Å². The van der Waals surface area contributed by atoms with Gasteiger partial charge < -0.3 is 10.1 Å². The van der Waals surface area contributed by atoms with Gasteiger partial charge >= 0.3 is 0 Å². The van der Waals surface area contributed by atoms with Crippen molar-refractivity contribution >= 4 is 32.5 Å². The van der Waals surface area contributed by atoms with Crippen LogP contribution >= 0.6 is 15.9 Å². The molecule has 98 valence electrons. The van der Waals surface area contributed by atoms with Crippen LogP contribution in [0.4, 0.5) is 10.1 Å². The molecule has 0 aliphatic carbocycles. The van der Waals surface area contributed by atoms with E-state index in [9.17, 15) is 9.18 Å². The molecule has 0 atom stereocenters. The third kappa shape index (κ3) is 3.89. The standard InChI is InChI=1S/C12H14BrFN2O2/c1-18-4-2-3-16-10-6-8(7-17)5-9(14)11(10)12(13)15/h5-7,15-16H,2-4H2,1H3. The molecule has 0 aromatic heterocycles. The number of benzene rings is 1. The smallest absolute Gasteiger partial charge is 0.150 e. The molecule has 18 heavy (non-hydrogen) atoms. The number of methoxy groups -OCH3 is 1. The summed E-state index contributed by atoms with van der Waals surface area (Å²) in [5, 5.41) is 10.5. The van der Waals surface area contributed by atoms with E-state index in [2.05, 4.69) is 21.2 Å². The minimum atomic E-state index is -0.601. The zero-order valence-electron chi connectivity index (χ0n) is 9.93. The number of aldehydes is 1. The van der Waals surface area contributed by atoms with Crippen LogP contribution in [0.3, 0.4) is 0 Å². The Balaban J connectivity index is 2.94. The Morgan fingerprint density at radius 2 is 2.33 bits per heavy atom. The zero-order valence-corrected chi connectivity index (χ0v) is 11.5. The van der Waals surface area contributed by atoms with Gasteiger partial charge in [0.15, 0.2) is 0 Å². The summed E-state index contributed by atoms with van der Waals surface area (Å²) in [5.74, 6) is -0.601. The van der Waals surface area contributed by atoms with Crippen molar-refractivity contribution in [3.05, 3.63) is 29.1 Å². The third-order valence-corrected chi connectivity index (χ3v) is 2.71. The Bertz CT molecular complexity index is 452. The van der Waals surface area contributed by atoms with Gasteiger partial charge in [0.05, 0.1) is 5.56 Å². The summed E-state index contributed by atoms with van der Waals surface area (Å²) < 4.78 is 18.6. The van der Waals surface area contributed by atoms with Crippen LogP contribution in [-0.2, 0) is 4.74 Å². The number of ether oxygens (including phenoxy) is 1. The van der Waals surface area contributed by atoms with Gasteiger partial charge in [0.25, 0.3) is 0 Å². The van der Waals surface area contributed by atoms with Crippen LogP contribution in [0.2, 0.25) is 0 Å². The van der Waals surface area contributed by atoms with Gasteiger partial charge in [0, 0.05) is 31.5 Å². The fourth-order valence-corrected chi connectivity index (χ4v) is 1.90. The lowest BCUT2D eigenvalue weighted by Gasteiger charge is -2.12. The number of carbonyl (C=O) groups is 1. The zero-order chi connectivity index (χ0) is 13.5. The predicted octanol–water partition coefficient (Wildman–Crippen LogP) is 2.81. The first kappa shape index (κ1) is 14.8. The van der Waals surface area contributed by atoms with E-state index in [0.717, 1.165) is 12.5 Å². The van der Waals surface area contributed by atoms with E-state index in [1.54, 1.807) is 7.11 Å². The fourth-order valence-electron chi connectivity index (χ4n) is 1.50. The molecular weight excluding hydrogens is 303 g/mol. The third-order valence-electron chi connectivity index (χ3n) is 2.31. The van der Waals surface area contributed by atoms with Gasteiger partial charge in [-0.3, -0.25) is 10.2 Å². The number of anilines is 1. The van der Waals surface area contributed by atoms with Crippen LogP contribution in [0.15, 0.2) is 12.1 Å². The minimum absolute atomic E-state index is 0.0632. The van der Waals surface area contributed by atoms with Gasteiger partial charge in [0.2, 0.25) is 0 Å². The Hall–Kier alpha value is -1.27. The lowest BCUT2D eigenvalue weighted by atomic mass is 10.1. The van der Waals surface area contributed by atoms with Crippen LogP contribution in [-0.4, -0.2) is 31.2 Å². The first-order valence-corrected chi connectivity index (χ1v) is 6.15. The van der Waals surface area contributed by atoms with E-state index in [-0.39, 0.29) is 15.7 Å². The summed E-state index contributed by atoms with van der Waals surface area (Å²) in [7, 11) is 1.60. The van der Waals surface area contributed by atoms with Crippen LogP contribution in [0.1, 0.15) is 22.3 Å². The Kier molecular flexibility index (Phi) is 5.94. The highest BCUT2D eigenvalue weighted by atomic mass is 79.9. The van der Waals surface area contributed by atoms with Crippen molar-refractivity contribution in [2.75, 3.05) is 25.6 Å². The minimum Gasteiger partial charge on any atom is -0.385 e. The maximum absolute atomic E-state index is 13.7. The number of nitrogens with one attached hydrogen (secondary N) is 2. The molecule has 0 saturated heterocycles. The molecule has 0 radical (unpaired) electrons. The first-order valence-electron chi connectivity index (χ1n) is 5.36. The van der Waals surface area contributed by atoms with Gasteiger partial charge in [-0.1, -0.05) is 0 Å². The Labute approximate surface area is 113 Å².